The first-order valence-corrected chi connectivity index (χ1v) is 7.46. The van der Waals surface area contributed by atoms with Crippen molar-refractivity contribution in [1.29, 1.82) is 0 Å². The van der Waals surface area contributed by atoms with Crippen LogP contribution >= 0.6 is 27.7 Å². The number of fused-ring (bicyclic) bond motifs is 1. The summed E-state index contributed by atoms with van der Waals surface area (Å²) in [5.41, 5.74) is 2.37. The molecule has 1 unspecified atom stereocenters. The third-order valence-electron chi connectivity index (χ3n) is 2.74. The van der Waals surface area contributed by atoms with Gasteiger partial charge in [-0.3, -0.25) is 0 Å². The lowest BCUT2D eigenvalue weighted by Crippen LogP contribution is -2.27. The van der Waals surface area contributed by atoms with Gasteiger partial charge in [-0.15, -0.1) is 0 Å². The molecule has 0 bridgehead atoms. The summed E-state index contributed by atoms with van der Waals surface area (Å²) < 4.78 is 14.3. The quantitative estimate of drug-likeness (QED) is 0.909. The van der Waals surface area contributed by atoms with Gasteiger partial charge in [-0.05, 0) is 36.2 Å². The van der Waals surface area contributed by atoms with Gasteiger partial charge in [-0.1, -0.05) is 22.9 Å². The van der Waals surface area contributed by atoms with Crippen LogP contribution in [0.25, 0.3) is 0 Å². The summed E-state index contributed by atoms with van der Waals surface area (Å²) in [4.78, 5) is 0. The Balaban J connectivity index is 2.30. The van der Waals surface area contributed by atoms with E-state index < -0.39 is 0 Å². The van der Waals surface area contributed by atoms with E-state index in [0.717, 1.165) is 34.5 Å². The van der Waals surface area contributed by atoms with Gasteiger partial charge in [0.1, 0.15) is 5.82 Å². The maximum Gasteiger partial charge on any atom is 0.124 e. The Morgan fingerprint density at radius 3 is 3.12 bits per heavy atom. The number of nitrogens with one attached hydrogen (secondary N) is 1. The van der Waals surface area contributed by atoms with Crippen LogP contribution in [0.3, 0.4) is 0 Å². The summed E-state index contributed by atoms with van der Waals surface area (Å²) in [5, 5.41) is 3.47. The van der Waals surface area contributed by atoms with Crippen molar-refractivity contribution < 1.29 is 4.39 Å². The average Bonchev–Trinajstić information content (AvgIpc) is 2.26. The van der Waals surface area contributed by atoms with E-state index in [0.29, 0.717) is 6.04 Å². The number of rotatable bonds is 3. The standard InChI is InChI=1S/C12H15BrFNS/c1-2-3-15-12-7-16-6-10-9(12)4-8(14)5-11(10)13/h4-5,12,15H,2-3,6-7H2,1H3. The molecule has 0 saturated carbocycles. The summed E-state index contributed by atoms with van der Waals surface area (Å²) in [5.74, 6) is 1.85. The fourth-order valence-electron chi connectivity index (χ4n) is 1.94. The van der Waals surface area contributed by atoms with E-state index >= 15 is 0 Å². The molecule has 0 aromatic heterocycles. The molecular weight excluding hydrogens is 289 g/mol. The van der Waals surface area contributed by atoms with Crippen LogP contribution in [-0.2, 0) is 5.75 Å². The third kappa shape index (κ3) is 2.60. The van der Waals surface area contributed by atoms with Crippen molar-refractivity contribution >= 4 is 27.7 Å². The Hall–Kier alpha value is -0.0600. The van der Waals surface area contributed by atoms with Gasteiger partial charge in [0.25, 0.3) is 0 Å². The minimum atomic E-state index is -0.152. The van der Waals surface area contributed by atoms with Crippen LogP contribution in [0.5, 0.6) is 0 Å². The average molecular weight is 304 g/mol. The molecule has 1 atom stereocenters. The molecule has 4 heteroatoms. The molecule has 0 spiro atoms. The molecule has 2 rings (SSSR count). The monoisotopic (exact) mass is 303 g/mol. The first kappa shape index (κ1) is 12.4. The third-order valence-corrected chi connectivity index (χ3v) is 4.51. The molecule has 0 radical (unpaired) electrons. The Bertz CT molecular complexity index is 384. The highest BCUT2D eigenvalue weighted by molar-refractivity contribution is 9.10. The Kier molecular flexibility index (Phi) is 4.27. The van der Waals surface area contributed by atoms with Crippen molar-refractivity contribution in [2.45, 2.75) is 25.1 Å². The van der Waals surface area contributed by atoms with Crippen LogP contribution in [-0.4, -0.2) is 12.3 Å². The predicted octanol–water partition coefficient (Wildman–Crippen LogP) is 3.88. The van der Waals surface area contributed by atoms with Crippen molar-refractivity contribution in [1.82, 2.24) is 5.32 Å². The van der Waals surface area contributed by atoms with Crippen LogP contribution in [0.15, 0.2) is 16.6 Å². The number of thioether (sulfide) groups is 1. The minimum Gasteiger partial charge on any atom is -0.309 e. The van der Waals surface area contributed by atoms with Gasteiger partial charge in [-0.25, -0.2) is 4.39 Å². The predicted molar refractivity (Wildman–Crippen MR) is 71.3 cm³/mol. The molecule has 0 saturated heterocycles. The second-order valence-corrected chi connectivity index (χ2v) is 5.86. The van der Waals surface area contributed by atoms with Gasteiger partial charge in [-0.2, -0.15) is 11.8 Å². The van der Waals surface area contributed by atoms with Crippen molar-refractivity contribution in [3.63, 3.8) is 0 Å². The molecule has 0 amide bonds. The number of halogens is 2. The van der Waals surface area contributed by atoms with Gasteiger partial charge in [0.15, 0.2) is 0 Å². The van der Waals surface area contributed by atoms with Crippen LogP contribution in [0.1, 0.15) is 30.5 Å². The fourth-order valence-corrected chi connectivity index (χ4v) is 3.89. The summed E-state index contributed by atoms with van der Waals surface area (Å²) in [6.07, 6.45) is 1.10. The summed E-state index contributed by atoms with van der Waals surface area (Å²) in [6, 6.07) is 3.52. The Labute approximate surface area is 108 Å². The minimum absolute atomic E-state index is 0.152. The molecule has 1 N–H and O–H groups in total. The van der Waals surface area contributed by atoms with E-state index in [2.05, 4.69) is 28.2 Å². The summed E-state index contributed by atoms with van der Waals surface area (Å²) in [6.45, 7) is 3.13. The molecule has 0 aliphatic carbocycles. The van der Waals surface area contributed by atoms with Gasteiger partial charge < -0.3 is 5.32 Å². The van der Waals surface area contributed by atoms with Crippen molar-refractivity contribution in [3.05, 3.63) is 33.5 Å². The lowest BCUT2D eigenvalue weighted by atomic mass is 10.0. The molecule has 1 aromatic carbocycles. The normalized spacial score (nSPS) is 19.6. The fraction of sp³-hybridized carbons (Fsp3) is 0.500. The van der Waals surface area contributed by atoms with Gasteiger partial charge in [0.05, 0.1) is 0 Å². The SMILES string of the molecule is CCCNC1CSCc2c(Br)cc(F)cc21. The zero-order valence-corrected chi connectivity index (χ0v) is 11.6. The molecule has 1 nitrogen and oxygen atoms in total. The van der Waals surface area contributed by atoms with E-state index in [9.17, 15) is 4.39 Å². The van der Waals surface area contributed by atoms with E-state index in [4.69, 9.17) is 0 Å². The van der Waals surface area contributed by atoms with Crippen molar-refractivity contribution in [2.24, 2.45) is 0 Å². The molecule has 88 valence electrons. The second-order valence-electron chi connectivity index (χ2n) is 3.98. The molecule has 1 aliphatic heterocycles. The first-order valence-electron chi connectivity index (χ1n) is 5.51. The number of hydrogen-bond acceptors (Lipinski definition) is 2. The maximum absolute atomic E-state index is 13.4. The van der Waals surface area contributed by atoms with Crippen molar-refractivity contribution in [3.8, 4) is 0 Å². The zero-order chi connectivity index (χ0) is 11.5. The summed E-state index contributed by atoms with van der Waals surface area (Å²) >= 11 is 5.35. The van der Waals surface area contributed by atoms with Crippen LogP contribution in [0, 0.1) is 5.82 Å². The first-order chi connectivity index (χ1) is 7.72. The van der Waals surface area contributed by atoms with Crippen LogP contribution in [0.4, 0.5) is 4.39 Å². The van der Waals surface area contributed by atoms with Gasteiger partial charge in [0.2, 0.25) is 0 Å². The molecule has 1 aromatic rings. The van der Waals surface area contributed by atoms with Crippen molar-refractivity contribution in [2.75, 3.05) is 12.3 Å². The second kappa shape index (κ2) is 5.52. The molecular formula is C12H15BrFNS. The smallest absolute Gasteiger partial charge is 0.124 e. The van der Waals surface area contributed by atoms with Gasteiger partial charge in [0, 0.05) is 22.0 Å². The highest BCUT2D eigenvalue weighted by atomic mass is 79.9. The Morgan fingerprint density at radius 1 is 1.56 bits per heavy atom. The largest absolute Gasteiger partial charge is 0.309 e. The van der Waals surface area contributed by atoms with Crippen LogP contribution in [0.2, 0.25) is 0 Å². The molecule has 0 fully saturated rings. The maximum atomic E-state index is 13.4. The van der Waals surface area contributed by atoms with Gasteiger partial charge >= 0.3 is 0 Å². The zero-order valence-electron chi connectivity index (χ0n) is 9.22. The Morgan fingerprint density at radius 2 is 2.38 bits per heavy atom. The highest BCUT2D eigenvalue weighted by Gasteiger charge is 2.22. The van der Waals surface area contributed by atoms with E-state index in [-0.39, 0.29) is 5.82 Å². The lowest BCUT2D eigenvalue weighted by molar-refractivity contribution is 0.561. The van der Waals surface area contributed by atoms with Crippen LogP contribution < -0.4 is 5.32 Å². The topological polar surface area (TPSA) is 12.0 Å². The van der Waals surface area contributed by atoms with E-state index in [1.807, 2.05) is 11.8 Å². The number of benzene rings is 1. The lowest BCUT2D eigenvalue weighted by Gasteiger charge is -2.27. The van der Waals surface area contributed by atoms with E-state index in [1.165, 1.54) is 5.56 Å². The highest BCUT2D eigenvalue weighted by Crippen LogP contribution is 2.36. The molecule has 1 aliphatic rings. The van der Waals surface area contributed by atoms with E-state index in [1.54, 1.807) is 12.1 Å². The number of hydrogen-bond donors (Lipinski definition) is 1. The summed E-state index contributed by atoms with van der Waals surface area (Å²) in [7, 11) is 0. The molecule has 16 heavy (non-hydrogen) atoms. The molecule has 1 heterocycles.